The lowest BCUT2D eigenvalue weighted by Crippen LogP contribution is -2.39. The molecular weight excluding hydrogens is 266 g/mol. The summed E-state index contributed by atoms with van der Waals surface area (Å²) in [6.45, 7) is 3.30. The largest absolute Gasteiger partial charge is 0.383 e. The first kappa shape index (κ1) is 15.8. The maximum absolute atomic E-state index is 12.4. The zero-order valence-corrected chi connectivity index (χ0v) is 13.1. The van der Waals surface area contributed by atoms with Gasteiger partial charge in [-0.3, -0.25) is 0 Å². The van der Waals surface area contributed by atoms with Crippen molar-refractivity contribution in [2.75, 3.05) is 32.6 Å². The summed E-state index contributed by atoms with van der Waals surface area (Å²) in [5.41, 5.74) is 1.99. The van der Waals surface area contributed by atoms with E-state index in [1.807, 2.05) is 30.1 Å². The van der Waals surface area contributed by atoms with Crippen molar-refractivity contribution in [1.82, 2.24) is 10.2 Å². The van der Waals surface area contributed by atoms with E-state index < -0.39 is 0 Å². The Balaban J connectivity index is 2.00. The molecule has 2 amide bonds. The van der Waals surface area contributed by atoms with Gasteiger partial charge in [-0.05, 0) is 44.5 Å². The molecule has 0 spiro atoms. The number of urea groups is 1. The van der Waals surface area contributed by atoms with Gasteiger partial charge in [-0.2, -0.15) is 0 Å². The number of nitrogens with zero attached hydrogens (tertiary/aromatic N) is 1. The molecule has 0 radical (unpaired) electrons. The van der Waals surface area contributed by atoms with Gasteiger partial charge in [-0.1, -0.05) is 12.1 Å². The van der Waals surface area contributed by atoms with Crippen LogP contribution in [0, 0.1) is 0 Å². The predicted molar refractivity (Wildman–Crippen MR) is 84.5 cm³/mol. The highest BCUT2D eigenvalue weighted by Crippen LogP contribution is 2.27. The van der Waals surface area contributed by atoms with E-state index in [-0.39, 0.29) is 12.1 Å². The molecule has 0 bridgehead atoms. The van der Waals surface area contributed by atoms with Crippen LogP contribution in [0.25, 0.3) is 0 Å². The van der Waals surface area contributed by atoms with Crippen LogP contribution in [0.15, 0.2) is 24.3 Å². The Morgan fingerprint density at radius 2 is 2.24 bits per heavy atom. The second kappa shape index (κ2) is 7.43. The molecule has 1 atom stereocenters. The Morgan fingerprint density at radius 3 is 2.86 bits per heavy atom. The number of methoxy groups -OCH3 is 1. The first-order chi connectivity index (χ1) is 10.2. The number of benzene rings is 1. The number of amides is 2. The van der Waals surface area contributed by atoms with Crippen molar-refractivity contribution in [3.8, 4) is 0 Å². The van der Waals surface area contributed by atoms with Crippen LogP contribution >= 0.6 is 0 Å². The third-order valence-corrected chi connectivity index (χ3v) is 3.86. The third-order valence-electron chi connectivity index (χ3n) is 3.86. The van der Waals surface area contributed by atoms with E-state index in [9.17, 15) is 4.79 Å². The summed E-state index contributed by atoms with van der Waals surface area (Å²) >= 11 is 0. The molecular formula is C16H25N3O2. The fraction of sp³-hybridized carbons (Fsp3) is 0.562. The van der Waals surface area contributed by atoms with Crippen LogP contribution < -0.4 is 10.6 Å². The number of carbonyl (C=O) groups is 1. The summed E-state index contributed by atoms with van der Waals surface area (Å²) in [7, 11) is 3.58. The number of hydrogen-bond acceptors (Lipinski definition) is 3. The first-order valence-electron chi connectivity index (χ1n) is 7.49. The van der Waals surface area contributed by atoms with Gasteiger partial charge in [-0.25, -0.2) is 4.79 Å². The molecule has 116 valence electrons. The van der Waals surface area contributed by atoms with E-state index in [1.54, 1.807) is 7.11 Å². The zero-order valence-electron chi connectivity index (χ0n) is 13.1. The van der Waals surface area contributed by atoms with Gasteiger partial charge in [0.15, 0.2) is 0 Å². The minimum Gasteiger partial charge on any atom is -0.383 e. The van der Waals surface area contributed by atoms with Crippen LogP contribution in [0.5, 0.6) is 0 Å². The van der Waals surface area contributed by atoms with E-state index in [4.69, 9.17) is 4.74 Å². The summed E-state index contributed by atoms with van der Waals surface area (Å²) < 4.78 is 5.09. The van der Waals surface area contributed by atoms with Gasteiger partial charge in [0.2, 0.25) is 0 Å². The van der Waals surface area contributed by atoms with Crippen LogP contribution in [0.1, 0.15) is 31.4 Å². The van der Waals surface area contributed by atoms with Crippen LogP contribution in [-0.4, -0.2) is 44.3 Å². The Kier molecular flexibility index (Phi) is 5.59. The van der Waals surface area contributed by atoms with Crippen LogP contribution in [0.4, 0.5) is 10.5 Å². The van der Waals surface area contributed by atoms with Gasteiger partial charge in [0.05, 0.1) is 6.61 Å². The van der Waals surface area contributed by atoms with Crippen molar-refractivity contribution >= 4 is 11.7 Å². The van der Waals surface area contributed by atoms with Crippen LogP contribution in [0.2, 0.25) is 0 Å². The molecule has 21 heavy (non-hydrogen) atoms. The molecule has 1 aliphatic rings. The fourth-order valence-electron chi connectivity index (χ4n) is 2.27. The molecule has 2 N–H and O–H groups in total. The molecule has 5 nitrogen and oxygen atoms in total. The SMILES string of the molecule is CNC(C)c1cccc(NC(=O)N(CCOC)C2CC2)c1. The third kappa shape index (κ3) is 4.44. The molecule has 2 rings (SSSR count). The topological polar surface area (TPSA) is 53.6 Å². The smallest absolute Gasteiger partial charge is 0.322 e. The molecule has 1 unspecified atom stereocenters. The quantitative estimate of drug-likeness (QED) is 0.812. The summed E-state index contributed by atoms with van der Waals surface area (Å²) in [5, 5.41) is 6.20. The van der Waals surface area contributed by atoms with Crippen molar-refractivity contribution in [3.05, 3.63) is 29.8 Å². The molecule has 1 aromatic rings. The highest BCUT2D eigenvalue weighted by molar-refractivity contribution is 5.89. The fourth-order valence-corrected chi connectivity index (χ4v) is 2.27. The highest BCUT2D eigenvalue weighted by atomic mass is 16.5. The number of ether oxygens (including phenoxy) is 1. The summed E-state index contributed by atoms with van der Waals surface area (Å²) in [4.78, 5) is 14.3. The average molecular weight is 291 g/mol. The highest BCUT2D eigenvalue weighted by Gasteiger charge is 2.32. The first-order valence-corrected chi connectivity index (χ1v) is 7.49. The van der Waals surface area contributed by atoms with Crippen molar-refractivity contribution in [3.63, 3.8) is 0 Å². The molecule has 1 aromatic carbocycles. The molecule has 1 aliphatic carbocycles. The summed E-state index contributed by atoms with van der Waals surface area (Å²) in [6, 6.07) is 8.56. The molecule has 1 fully saturated rings. The van der Waals surface area contributed by atoms with Gasteiger partial charge in [0, 0.05) is 31.4 Å². The van der Waals surface area contributed by atoms with Gasteiger partial charge in [-0.15, -0.1) is 0 Å². The normalized spacial score (nSPS) is 15.6. The van der Waals surface area contributed by atoms with Crippen LogP contribution in [-0.2, 0) is 4.74 Å². The van der Waals surface area contributed by atoms with Crippen molar-refractivity contribution < 1.29 is 9.53 Å². The van der Waals surface area contributed by atoms with Crippen LogP contribution in [0.3, 0.4) is 0 Å². The lowest BCUT2D eigenvalue weighted by Gasteiger charge is -2.23. The summed E-state index contributed by atoms with van der Waals surface area (Å²) in [6.07, 6.45) is 2.18. The van der Waals surface area contributed by atoms with Crippen molar-refractivity contribution in [1.29, 1.82) is 0 Å². The van der Waals surface area contributed by atoms with Crippen molar-refractivity contribution in [2.24, 2.45) is 0 Å². The van der Waals surface area contributed by atoms with Gasteiger partial charge >= 0.3 is 6.03 Å². The van der Waals surface area contributed by atoms with E-state index >= 15 is 0 Å². The van der Waals surface area contributed by atoms with Crippen molar-refractivity contribution in [2.45, 2.75) is 31.8 Å². The number of hydrogen-bond donors (Lipinski definition) is 2. The van der Waals surface area contributed by atoms with E-state index in [2.05, 4.69) is 23.6 Å². The molecule has 0 aromatic heterocycles. The van der Waals surface area contributed by atoms with Gasteiger partial charge in [0.25, 0.3) is 0 Å². The second-order valence-electron chi connectivity index (χ2n) is 5.48. The lowest BCUT2D eigenvalue weighted by molar-refractivity contribution is 0.152. The molecule has 0 aliphatic heterocycles. The number of anilines is 1. The Labute approximate surface area is 126 Å². The minimum atomic E-state index is -0.0381. The second-order valence-corrected chi connectivity index (χ2v) is 5.48. The lowest BCUT2D eigenvalue weighted by atomic mass is 10.1. The molecule has 5 heteroatoms. The Bertz CT molecular complexity index is 474. The zero-order chi connectivity index (χ0) is 15.2. The number of nitrogens with one attached hydrogen (secondary N) is 2. The number of rotatable bonds is 7. The predicted octanol–water partition coefficient (Wildman–Crippen LogP) is 2.61. The molecule has 1 saturated carbocycles. The van der Waals surface area contributed by atoms with E-state index in [0.29, 0.717) is 19.2 Å². The van der Waals surface area contributed by atoms with Gasteiger partial charge in [0.1, 0.15) is 0 Å². The molecule has 0 saturated heterocycles. The summed E-state index contributed by atoms with van der Waals surface area (Å²) in [5.74, 6) is 0. The minimum absolute atomic E-state index is 0.0381. The maximum Gasteiger partial charge on any atom is 0.322 e. The Hall–Kier alpha value is -1.59. The average Bonchev–Trinajstić information content (AvgIpc) is 3.32. The van der Waals surface area contributed by atoms with E-state index in [1.165, 1.54) is 0 Å². The van der Waals surface area contributed by atoms with E-state index in [0.717, 1.165) is 24.1 Å². The Morgan fingerprint density at radius 1 is 1.48 bits per heavy atom. The monoisotopic (exact) mass is 291 g/mol. The van der Waals surface area contributed by atoms with Gasteiger partial charge < -0.3 is 20.3 Å². The maximum atomic E-state index is 12.4. The molecule has 0 heterocycles. The standard InChI is InChI=1S/C16H25N3O2/c1-12(17-2)13-5-4-6-14(11-13)18-16(20)19(9-10-21-3)15-7-8-15/h4-6,11-12,15,17H,7-10H2,1-3H3,(H,18,20). The number of carbonyl (C=O) groups excluding carboxylic acids is 1.